The zero-order chi connectivity index (χ0) is 23.6. The Bertz CT molecular complexity index is 1290. The van der Waals surface area contributed by atoms with Crippen LogP contribution in [0.15, 0.2) is 102 Å². The Balaban J connectivity index is 1.30. The molecule has 0 saturated carbocycles. The van der Waals surface area contributed by atoms with Crippen molar-refractivity contribution in [3.05, 3.63) is 108 Å². The molecule has 0 aromatic heterocycles. The van der Waals surface area contributed by atoms with E-state index in [2.05, 4.69) is 36.2 Å². The van der Waals surface area contributed by atoms with E-state index < -0.39 is 5.97 Å². The first-order chi connectivity index (χ1) is 16.7. The molecule has 0 spiro atoms. The van der Waals surface area contributed by atoms with Gasteiger partial charge in [-0.15, -0.1) is 0 Å². The lowest BCUT2D eigenvalue weighted by molar-refractivity contribution is -0.128. The predicted octanol–water partition coefficient (Wildman–Crippen LogP) is 7.39. The third kappa shape index (κ3) is 6.66. The molecule has 4 aromatic carbocycles. The summed E-state index contributed by atoms with van der Waals surface area (Å²) in [6.07, 6.45) is 7.08. The Morgan fingerprint density at radius 2 is 1.53 bits per heavy atom. The molecular formula is C30H27NO3. The summed E-state index contributed by atoms with van der Waals surface area (Å²) in [6, 6.07) is 29.2. The number of fused-ring (bicyclic) bond motifs is 1. The van der Waals surface area contributed by atoms with Crippen LogP contribution in [0.5, 0.6) is 11.5 Å². The summed E-state index contributed by atoms with van der Waals surface area (Å²) in [5.41, 5.74) is 2.71. The van der Waals surface area contributed by atoms with Crippen molar-refractivity contribution in [2.24, 2.45) is 4.99 Å². The van der Waals surface area contributed by atoms with Gasteiger partial charge in [0, 0.05) is 12.3 Å². The number of nitrogens with zero attached hydrogens (tertiary/aromatic N) is 1. The molecule has 0 heterocycles. The zero-order valence-corrected chi connectivity index (χ0v) is 19.2. The normalized spacial score (nSPS) is 11.3. The van der Waals surface area contributed by atoms with Crippen LogP contribution < -0.4 is 9.47 Å². The van der Waals surface area contributed by atoms with E-state index in [1.807, 2.05) is 54.6 Å². The van der Waals surface area contributed by atoms with Crippen molar-refractivity contribution in [1.29, 1.82) is 0 Å². The number of aliphatic imine (C=N–C) groups is 1. The van der Waals surface area contributed by atoms with Crippen molar-refractivity contribution in [3.8, 4) is 11.5 Å². The van der Waals surface area contributed by atoms with Gasteiger partial charge in [-0.2, -0.15) is 0 Å². The summed E-state index contributed by atoms with van der Waals surface area (Å²) in [4.78, 5) is 16.7. The van der Waals surface area contributed by atoms with E-state index in [0.717, 1.165) is 40.8 Å². The van der Waals surface area contributed by atoms with Gasteiger partial charge in [0.2, 0.25) is 0 Å². The molecule has 0 atom stereocenters. The van der Waals surface area contributed by atoms with Gasteiger partial charge in [0.15, 0.2) is 0 Å². The van der Waals surface area contributed by atoms with Gasteiger partial charge in [0.1, 0.15) is 11.5 Å². The lowest BCUT2D eigenvalue weighted by Crippen LogP contribution is -2.03. The van der Waals surface area contributed by atoms with Gasteiger partial charge in [-0.1, -0.05) is 55.8 Å². The predicted molar refractivity (Wildman–Crippen MR) is 139 cm³/mol. The van der Waals surface area contributed by atoms with Crippen LogP contribution in [-0.4, -0.2) is 18.8 Å². The van der Waals surface area contributed by atoms with Crippen molar-refractivity contribution in [2.75, 3.05) is 6.61 Å². The highest BCUT2D eigenvalue weighted by Crippen LogP contribution is 2.21. The molecule has 4 aromatic rings. The lowest BCUT2D eigenvalue weighted by Gasteiger charge is -2.05. The molecule has 4 heteroatoms. The molecule has 4 rings (SSSR count). The van der Waals surface area contributed by atoms with Gasteiger partial charge < -0.3 is 9.47 Å². The number of carbonyl (C=O) groups is 1. The van der Waals surface area contributed by atoms with Crippen LogP contribution in [-0.2, 0) is 4.79 Å². The van der Waals surface area contributed by atoms with E-state index in [1.54, 1.807) is 24.4 Å². The fourth-order valence-electron chi connectivity index (χ4n) is 3.35. The van der Waals surface area contributed by atoms with Gasteiger partial charge in [-0.25, -0.2) is 4.79 Å². The largest absolute Gasteiger partial charge is 0.494 e. The number of hydrogen-bond donors (Lipinski definition) is 0. The average Bonchev–Trinajstić information content (AvgIpc) is 2.88. The van der Waals surface area contributed by atoms with Gasteiger partial charge in [-0.05, 0) is 82.9 Å². The van der Waals surface area contributed by atoms with Crippen molar-refractivity contribution >= 4 is 34.7 Å². The molecule has 34 heavy (non-hydrogen) atoms. The average molecular weight is 450 g/mol. The van der Waals surface area contributed by atoms with Gasteiger partial charge in [-0.3, -0.25) is 4.99 Å². The standard InChI is InChI=1S/C30H27NO3/c1-2-3-20-33-28-15-8-23(9-16-28)12-19-30(32)34-29-17-10-24(11-18-29)22-31-27-14-13-25-6-4-5-7-26(25)21-27/h4-19,21-22H,2-3,20H2,1H3/b19-12+,31-22?. The minimum atomic E-state index is -0.430. The monoisotopic (exact) mass is 449 g/mol. The first kappa shape index (κ1) is 23.0. The third-order valence-electron chi connectivity index (χ3n) is 5.25. The lowest BCUT2D eigenvalue weighted by atomic mass is 10.1. The maximum atomic E-state index is 12.2. The van der Waals surface area contributed by atoms with Gasteiger partial charge >= 0.3 is 5.97 Å². The Morgan fingerprint density at radius 1 is 0.824 bits per heavy atom. The molecule has 0 unspecified atom stereocenters. The van der Waals surface area contributed by atoms with E-state index in [0.29, 0.717) is 12.4 Å². The number of ether oxygens (including phenoxy) is 2. The Hall–Kier alpha value is -4.18. The quantitative estimate of drug-likeness (QED) is 0.0880. The Kier molecular flexibility index (Phi) is 7.86. The molecule has 0 fully saturated rings. The maximum Gasteiger partial charge on any atom is 0.336 e. The SMILES string of the molecule is CCCCOc1ccc(/C=C/C(=O)Oc2ccc(C=Nc3ccc4ccccc4c3)cc2)cc1. The summed E-state index contributed by atoms with van der Waals surface area (Å²) in [5.74, 6) is 0.885. The van der Waals surface area contributed by atoms with Crippen LogP contribution in [0.2, 0.25) is 0 Å². The second-order valence-electron chi connectivity index (χ2n) is 7.88. The minimum absolute atomic E-state index is 0.430. The van der Waals surface area contributed by atoms with Crippen LogP contribution in [0.25, 0.3) is 16.8 Å². The molecule has 4 nitrogen and oxygen atoms in total. The highest BCUT2D eigenvalue weighted by molar-refractivity contribution is 5.89. The second-order valence-corrected chi connectivity index (χ2v) is 7.88. The molecule has 0 aliphatic carbocycles. The number of carbonyl (C=O) groups excluding carboxylic acids is 1. The van der Waals surface area contributed by atoms with Crippen LogP contribution in [0.1, 0.15) is 30.9 Å². The molecule has 0 saturated heterocycles. The Labute approximate surface area is 200 Å². The number of rotatable bonds is 9. The fourth-order valence-corrected chi connectivity index (χ4v) is 3.35. The highest BCUT2D eigenvalue weighted by atomic mass is 16.5. The van der Waals surface area contributed by atoms with Crippen LogP contribution in [0.4, 0.5) is 5.69 Å². The number of unbranched alkanes of at least 4 members (excludes halogenated alkanes) is 1. The van der Waals surface area contributed by atoms with Crippen LogP contribution in [0.3, 0.4) is 0 Å². The molecule has 0 aliphatic heterocycles. The third-order valence-corrected chi connectivity index (χ3v) is 5.25. The smallest absolute Gasteiger partial charge is 0.336 e. The first-order valence-electron chi connectivity index (χ1n) is 11.5. The van der Waals surface area contributed by atoms with E-state index >= 15 is 0 Å². The van der Waals surface area contributed by atoms with Crippen molar-refractivity contribution in [1.82, 2.24) is 0 Å². The van der Waals surface area contributed by atoms with E-state index in [-0.39, 0.29) is 0 Å². The summed E-state index contributed by atoms with van der Waals surface area (Å²) < 4.78 is 11.0. The number of hydrogen-bond acceptors (Lipinski definition) is 4. The molecule has 170 valence electrons. The van der Waals surface area contributed by atoms with Crippen molar-refractivity contribution in [2.45, 2.75) is 19.8 Å². The summed E-state index contributed by atoms with van der Waals surface area (Å²) in [7, 11) is 0. The number of benzene rings is 4. The molecule has 0 aliphatic rings. The highest BCUT2D eigenvalue weighted by Gasteiger charge is 2.01. The molecular weight excluding hydrogens is 422 g/mol. The molecule has 0 radical (unpaired) electrons. The topological polar surface area (TPSA) is 47.9 Å². The summed E-state index contributed by atoms with van der Waals surface area (Å²) in [6.45, 7) is 2.85. The number of esters is 1. The summed E-state index contributed by atoms with van der Waals surface area (Å²) >= 11 is 0. The van der Waals surface area contributed by atoms with E-state index in [9.17, 15) is 4.79 Å². The molecule has 0 N–H and O–H groups in total. The zero-order valence-electron chi connectivity index (χ0n) is 19.2. The second kappa shape index (κ2) is 11.6. The Morgan fingerprint density at radius 3 is 2.29 bits per heavy atom. The van der Waals surface area contributed by atoms with Gasteiger partial charge in [0.25, 0.3) is 0 Å². The fraction of sp³-hybridized carbons (Fsp3) is 0.133. The van der Waals surface area contributed by atoms with Gasteiger partial charge in [0.05, 0.1) is 12.3 Å². The van der Waals surface area contributed by atoms with E-state index in [4.69, 9.17) is 9.47 Å². The molecule has 0 bridgehead atoms. The van der Waals surface area contributed by atoms with Crippen molar-refractivity contribution < 1.29 is 14.3 Å². The van der Waals surface area contributed by atoms with Crippen LogP contribution >= 0.6 is 0 Å². The minimum Gasteiger partial charge on any atom is -0.494 e. The first-order valence-corrected chi connectivity index (χ1v) is 11.5. The van der Waals surface area contributed by atoms with Crippen LogP contribution in [0, 0.1) is 0 Å². The summed E-state index contributed by atoms with van der Waals surface area (Å²) in [5, 5.41) is 2.35. The van der Waals surface area contributed by atoms with E-state index in [1.165, 1.54) is 11.5 Å². The van der Waals surface area contributed by atoms with Crippen molar-refractivity contribution in [3.63, 3.8) is 0 Å². The molecule has 0 amide bonds. The maximum absolute atomic E-state index is 12.2.